The Bertz CT molecular complexity index is 712. The minimum atomic E-state index is -0.545. The molecule has 5 nitrogen and oxygen atoms in total. The van der Waals surface area contributed by atoms with Crippen LogP contribution >= 0.6 is 0 Å². The number of ether oxygens (including phenoxy) is 2. The Hall–Kier alpha value is -2.43. The number of ketones is 1. The van der Waals surface area contributed by atoms with E-state index in [1.54, 1.807) is 6.08 Å². The number of hydrogen-bond donors (Lipinski definition) is 0. The molecular formula is C22H28O5. The third kappa shape index (κ3) is 4.46. The summed E-state index contributed by atoms with van der Waals surface area (Å²) in [6, 6.07) is 0. The molecule has 0 unspecified atom stereocenters. The Morgan fingerprint density at radius 3 is 2.78 bits per heavy atom. The predicted octanol–water partition coefficient (Wildman–Crippen LogP) is 3.71. The van der Waals surface area contributed by atoms with Crippen molar-refractivity contribution in [2.24, 2.45) is 17.3 Å². The van der Waals surface area contributed by atoms with Gasteiger partial charge >= 0.3 is 5.97 Å². The van der Waals surface area contributed by atoms with Crippen molar-refractivity contribution >= 4 is 18.0 Å². The van der Waals surface area contributed by atoms with Gasteiger partial charge in [-0.1, -0.05) is 32.1 Å². The van der Waals surface area contributed by atoms with Gasteiger partial charge in [0.05, 0.1) is 19.3 Å². The quantitative estimate of drug-likeness (QED) is 0.224. The number of hydrogen-bond acceptors (Lipinski definition) is 5. The van der Waals surface area contributed by atoms with Gasteiger partial charge in [-0.2, -0.15) is 0 Å². The Morgan fingerprint density at radius 1 is 1.41 bits per heavy atom. The zero-order valence-corrected chi connectivity index (χ0v) is 16.4. The molecule has 0 aromatic rings. The zero-order valence-electron chi connectivity index (χ0n) is 16.4. The molecule has 0 aromatic carbocycles. The molecule has 0 spiro atoms. The molecule has 0 amide bonds. The Morgan fingerprint density at radius 2 is 2.15 bits per heavy atom. The highest BCUT2D eigenvalue weighted by atomic mass is 16.5. The summed E-state index contributed by atoms with van der Waals surface area (Å²) in [6.07, 6.45) is 12.3. The van der Waals surface area contributed by atoms with E-state index in [0.29, 0.717) is 31.1 Å². The van der Waals surface area contributed by atoms with Crippen LogP contribution in [0.25, 0.3) is 0 Å². The molecule has 0 saturated heterocycles. The first-order valence-electron chi connectivity index (χ1n) is 9.30. The first kappa shape index (κ1) is 20.9. The van der Waals surface area contributed by atoms with Gasteiger partial charge in [0.2, 0.25) is 0 Å². The van der Waals surface area contributed by atoms with Crippen LogP contribution in [0.15, 0.2) is 47.8 Å². The minimum absolute atomic E-state index is 0.0227. The maximum absolute atomic E-state index is 12.5. The topological polar surface area (TPSA) is 69.7 Å². The Kier molecular flexibility index (Phi) is 6.94. The van der Waals surface area contributed by atoms with Crippen molar-refractivity contribution in [2.45, 2.75) is 46.1 Å². The molecule has 0 heterocycles. The second-order valence-electron chi connectivity index (χ2n) is 7.36. The molecule has 2 aliphatic carbocycles. The van der Waals surface area contributed by atoms with Gasteiger partial charge < -0.3 is 9.47 Å². The van der Waals surface area contributed by atoms with Crippen LogP contribution in [0.4, 0.5) is 0 Å². The van der Waals surface area contributed by atoms with Crippen LogP contribution in [0, 0.1) is 17.3 Å². The predicted molar refractivity (Wildman–Crippen MR) is 103 cm³/mol. The summed E-state index contributed by atoms with van der Waals surface area (Å²) in [5.41, 5.74) is 0.873. The lowest BCUT2D eigenvalue weighted by Gasteiger charge is -2.46. The molecule has 0 aromatic heterocycles. The number of allylic oxidation sites excluding steroid dienone is 6. The van der Waals surface area contributed by atoms with Crippen LogP contribution in [0.3, 0.4) is 0 Å². The average molecular weight is 372 g/mol. The zero-order chi connectivity index (χ0) is 20.0. The second kappa shape index (κ2) is 8.98. The molecule has 5 heteroatoms. The van der Waals surface area contributed by atoms with E-state index in [2.05, 4.69) is 6.92 Å². The molecule has 2 aliphatic rings. The van der Waals surface area contributed by atoms with Gasteiger partial charge in [-0.05, 0) is 37.5 Å². The first-order valence-corrected chi connectivity index (χ1v) is 9.30. The lowest BCUT2D eigenvalue weighted by atomic mass is 9.59. The van der Waals surface area contributed by atoms with Gasteiger partial charge in [0.1, 0.15) is 12.4 Å². The molecule has 0 saturated carbocycles. The minimum Gasteiger partial charge on any atom is -0.504 e. The van der Waals surface area contributed by atoms with E-state index in [4.69, 9.17) is 9.47 Å². The summed E-state index contributed by atoms with van der Waals surface area (Å²) in [4.78, 5) is 36.1. The van der Waals surface area contributed by atoms with Crippen LogP contribution in [0.1, 0.15) is 40.0 Å². The van der Waals surface area contributed by atoms with Crippen LogP contribution in [-0.4, -0.2) is 31.3 Å². The van der Waals surface area contributed by atoms with Crippen LogP contribution in [-0.2, 0) is 23.9 Å². The SMILES string of the molecule is C/C=C/CCC(=O)O[C@H]1C=CC2=CC(=O)[C@H](/C(C=O)=C\OC)C[C@]2(C)[C@H]1C. The van der Waals surface area contributed by atoms with Gasteiger partial charge in [0.25, 0.3) is 0 Å². The normalized spacial score (nSPS) is 30.7. The largest absolute Gasteiger partial charge is 0.504 e. The fraction of sp³-hybridized carbons (Fsp3) is 0.500. The van der Waals surface area contributed by atoms with Crippen LogP contribution in [0.2, 0.25) is 0 Å². The van der Waals surface area contributed by atoms with Crippen molar-refractivity contribution < 1.29 is 23.9 Å². The standard InChI is InChI=1S/C22H28O5/c1-5-6-7-8-21(25)27-20-10-9-17-11-19(24)18(16(13-23)14-26-4)12-22(17,3)15(20)2/h5-6,9-11,13-15,18,20H,7-8,12H2,1-4H3/b6-5+,16-14-/t15-,18-,20-,22+/m0/s1. The smallest absolute Gasteiger partial charge is 0.306 e. The van der Waals surface area contributed by atoms with Gasteiger partial charge in [-0.3, -0.25) is 14.4 Å². The van der Waals surface area contributed by atoms with E-state index < -0.39 is 5.92 Å². The summed E-state index contributed by atoms with van der Waals surface area (Å²) in [5, 5.41) is 0. The molecule has 0 N–H and O–H groups in total. The van der Waals surface area contributed by atoms with E-state index in [-0.39, 0.29) is 29.2 Å². The number of fused-ring (bicyclic) bond motifs is 1. The van der Waals surface area contributed by atoms with Crippen molar-refractivity contribution in [2.75, 3.05) is 7.11 Å². The summed E-state index contributed by atoms with van der Waals surface area (Å²) >= 11 is 0. The molecule has 146 valence electrons. The van der Waals surface area contributed by atoms with Crippen LogP contribution in [0.5, 0.6) is 0 Å². The highest BCUT2D eigenvalue weighted by Gasteiger charge is 2.47. The summed E-state index contributed by atoms with van der Waals surface area (Å²) in [7, 11) is 1.45. The fourth-order valence-electron chi connectivity index (χ4n) is 3.81. The number of methoxy groups -OCH3 is 1. The number of carbonyl (C=O) groups excluding carboxylic acids is 3. The number of rotatable bonds is 7. The van der Waals surface area contributed by atoms with Gasteiger partial charge in [0.15, 0.2) is 5.78 Å². The number of aldehydes is 1. The van der Waals surface area contributed by atoms with Crippen molar-refractivity contribution in [3.05, 3.63) is 47.8 Å². The molecule has 4 atom stereocenters. The second-order valence-corrected chi connectivity index (χ2v) is 7.36. The average Bonchev–Trinajstić information content (AvgIpc) is 2.64. The van der Waals surface area contributed by atoms with E-state index in [1.165, 1.54) is 13.4 Å². The van der Waals surface area contributed by atoms with Gasteiger partial charge in [-0.25, -0.2) is 0 Å². The lowest BCUT2D eigenvalue weighted by Crippen LogP contribution is -2.44. The van der Waals surface area contributed by atoms with Crippen molar-refractivity contribution in [3.63, 3.8) is 0 Å². The first-order chi connectivity index (χ1) is 12.9. The Labute approximate surface area is 160 Å². The van der Waals surface area contributed by atoms with Gasteiger partial charge in [-0.15, -0.1) is 0 Å². The third-order valence-corrected chi connectivity index (χ3v) is 5.70. The monoisotopic (exact) mass is 372 g/mol. The number of esters is 1. The lowest BCUT2D eigenvalue weighted by molar-refractivity contribution is -0.151. The maximum atomic E-state index is 12.5. The highest BCUT2D eigenvalue weighted by molar-refractivity contribution is 6.00. The van der Waals surface area contributed by atoms with E-state index in [1.807, 2.05) is 38.2 Å². The van der Waals surface area contributed by atoms with Crippen molar-refractivity contribution in [1.29, 1.82) is 0 Å². The van der Waals surface area contributed by atoms with E-state index in [9.17, 15) is 14.4 Å². The maximum Gasteiger partial charge on any atom is 0.306 e. The van der Waals surface area contributed by atoms with E-state index >= 15 is 0 Å². The van der Waals surface area contributed by atoms with Crippen molar-refractivity contribution in [3.8, 4) is 0 Å². The van der Waals surface area contributed by atoms with Crippen molar-refractivity contribution in [1.82, 2.24) is 0 Å². The molecule has 0 radical (unpaired) electrons. The van der Waals surface area contributed by atoms with Gasteiger partial charge in [0, 0.05) is 23.3 Å². The molecule has 27 heavy (non-hydrogen) atoms. The summed E-state index contributed by atoms with van der Waals surface area (Å²) in [6.45, 7) is 6.00. The fourth-order valence-corrected chi connectivity index (χ4v) is 3.81. The summed E-state index contributed by atoms with van der Waals surface area (Å²) < 4.78 is 10.6. The summed E-state index contributed by atoms with van der Waals surface area (Å²) in [5.74, 6) is -0.903. The third-order valence-electron chi connectivity index (χ3n) is 5.70. The molecular weight excluding hydrogens is 344 g/mol. The molecule has 0 fully saturated rings. The highest BCUT2D eigenvalue weighted by Crippen LogP contribution is 2.50. The van der Waals surface area contributed by atoms with Crippen LogP contribution < -0.4 is 0 Å². The Balaban J connectivity index is 2.22. The number of carbonyl (C=O) groups is 3. The molecule has 0 aliphatic heterocycles. The molecule has 0 bridgehead atoms. The molecule has 2 rings (SSSR count). The van der Waals surface area contributed by atoms with E-state index in [0.717, 1.165) is 5.57 Å².